The Labute approximate surface area is 216 Å². The molecule has 35 heavy (non-hydrogen) atoms. The average Bonchev–Trinajstić information content (AvgIpc) is 3.50. The van der Waals surface area contributed by atoms with Gasteiger partial charge in [-0.25, -0.2) is 14.6 Å². The third-order valence-corrected chi connectivity index (χ3v) is 5.82. The van der Waals surface area contributed by atoms with Crippen LogP contribution in [0.5, 0.6) is 23.0 Å². The third kappa shape index (κ3) is 5.10. The maximum absolute atomic E-state index is 13.1. The first-order valence-corrected chi connectivity index (χ1v) is 11.5. The quantitative estimate of drug-likeness (QED) is 0.200. The second-order valence-corrected chi connectivity index (χ2v) is 8.69. The minimum absolute atomic E-state index is 0.00600. The standard InChI is InChI=1S/C24H17Br2NO8/c1-30-18-9-13(10-19(31-2)21(18)32-3)23(28)34-20-12(7-14(25)11-15(20)26)8-16-24(29)35-22(27-16)17-5-4-6-33-17/h4-11H,1-3H3/b16-8+. The van der Waals surface area contributed by atoms with Crippen LogP contribution in [0, 0.1) is 0 Å². The third-order valence-electron chi connectivity index (χ3n) is 4.78. The van der Waals surface area contributed by atoms with Gasteiger partial charge in [0.25, 0.3) is 5.90 Å². The fourth-order valence-electron chi connectivity index (χ4n) is 3.21. The van der Waals surface area contributed by atoms with Gasteiger partial charge >= 0.3 is 11.9 Å². The van der Waals surface area contributed by atoms with Crippen molar-refractivity contribution in [1.29, 1.82) is 0 Å². The second-order valence-electron chi connectivity index (χ2n) is 6.92. The zero-order valence-corrected chi connectivity index (χ0v) is 21.8. The van der Waals surface area contributed by atoms with Crippen molar-refractivity contribution in [3.05, 3.63) is 74.2 Å². The monoisotopic (exact) mass is 605 g/mol. The summed E-state index contributed by atoms with van der Waals surface area (Å²) in [5, 5.41) is 0. The fraction of sp³-hybridized carbons (Fsp3) is 0.125. The maximum Gasteiger partial charge on any atom is 0.363 e. The molecule has 0 amide bonds. The Kier molecular flexibility index (Phi) is 7.27. The van der Waals surface area contributed by atoms with Gasteiger partial charge in [-0.05, 0) is 58.4 Å². The Hall–Kier alpha value is -3.57. The van der Waals surface area contributed by atoms with E-state index in [4.69, 9.17) is 28.1 Å². The molecular formula is C24H17Br2NO8. The number of ether oxygens (including phenoxy) is 5. The lowest BCUT2D eigenvalue weighted by atomic mass is 10.1. The molecule has 0 saturated heterocycles. The van der Waals surface area contributed by atoms with Crippen molar-refractivity contribution in [2.75, 3.05) is 21.3 Å². The van der Waals surface area contributed by atoms with E-state index in [1.807, 2.05) is 0 Å². The average molecular weight is 607 g/mol. The number of hydrogen-bond acceptors (Lipinski definition) is 9. The van der Waals surface area contributed by atoms with Crippen molar-refractivity contribution in [3.8, 4) is 23.0 Å². The van der Waals surface area contributed by atoms with Crippen LogP contribution in [0.3, 0.4) is 0 Å². The van der Waals surface area contributed by atoms with Gasteiger partial charge in [-0.15, -0.1) is 0 Å². The molecule has 4 rings (SSSR count). The molecule has 0 bridgehead atoms. The highest BCUT2D eigenvalue weighted by atomic mass is 79.9. The smallest absolute Gasteiger partial charge is 0.363 e. The molecule has 1 aromatic heterocycles. The summed E-state index contributed by atoms with van der Waals surface area (Å²) >= 11 is 6.82. The van der Waals surface area contributed by atoms with Crippen molar-refractivity contribution in [2.45, 2.75) is 0 Å². The van der Waals surface area contributed by atoms with Gasteiger partial charge < -0.3 is 28.1 Å². The van der Waals surface area contributed by atoms with Crippen molar-refractivity contribution >= 4 is 55.8 Å². The topological polar surface area (TPSA) is 106 Å². The number of nitrogens with zero attached hydrogens (tertiary/aromatic N) is 1. The largest absolute Gasteiger partial charge is 0.493 e. The van der Waals surface area contributed by atoms with Crippen LogP contribution in [0.1, 0.15) is 21.7 Å². The van der Waals surface area contributed by atoms with Crippen LogP contribution in [0.15, 0.2) is 66.7 Å². The van der Waals surface area contributed by atoms with Gasteiger partial charge in [0.05, 0.1) is 37.6 Å². The molecule has 0 saturated carbocycles. The minimum atomic E-state index is -0.694. The van der Waals surface area contributed by atoms with Crippen LogP contribution >= 0.6 is 31.9 Å². The van der Waals surface area contributed by atoms with Crippen molar-refractivity contribution in [1.82, 2.24) is 0 Å². The first-order valence-electron chi connectivity index (χ1n) is 9.92. The summed E-state index contributed by atoms with van der Waals surface area (Å²) in [5.41, 5.74) is 0.557. The lowest BCUT2D eigenvalue weighted by Gasteiger charge is -2.15. The van der Waals surface area contributed by atoms with Gasteiger partial charge in [0, 0.05) is 10.0 Å². The zero-order valence-electron chi connectivity index (χ0n) is 18.6. The second kappa shape index (κ2) is 10.4. The molecule has 1 aliphatic rings. The Balaban J connectivity index is 1.72. The molecule has 2 aromatic carbocycles. The molecular weight excluding hydrogens is 590 g/mol. The molecule has 0 spiro atoms. The van der Waals surface area contributed by atoms with E-state index in [0.717, 1.165) is 0 Å². The highest BCUT2D eigenvalue weighted by Gasteiger charge is 2.27. The Bertz CT molecular complexity index is 1340. The summed E-state index contributed by atoms with van der Waals surface area (Å²) in [5.74, 6) is 0.0762. The fourth-order valence-corrected chi connectivity index (χ4v) is 4.55. The molecule has 2 heterocycles. The van der Waals surface area contributed by atoms with E-state index in [2.05, 4.69) is 36.9 Å². The predicted molar refractivity (Wildman–Crippen MR) is 132 cm³/mol. The lowest BCUT2D eigenvalue weighted by molar-refractivity contribution is -0.130. The molecule has 11 heteroatoms. The normalized spacial score (nSPS) is 13.9. The number of aliphatic imine (C=N–C) groups is 1. The summed E-state index contributed by atoms with van der Waals surface area (Å²) in [6, 6.07) is 9.59. The molecule has 0 aliphatic carbocycles. The Morgan fingerprint density at radius 2 is 1.71 bits per heavy atom. The first-order chi connectivity index (χ1) is 16.8. The van der Waals surface area contributed by atoms with E-state index < -0.39 is 11.9 Å². The number of esters is 2. The first kappa shape index (κ1) is 24.6. The van der Waals surface area contributed by atoms with Crippen LogP contribution in [0.2, 0.25) is 0 Å². The van der Waals surface area contributed by atoms with E-state index in [9.17, 15) is 9.59 Å². The number of furan rings is 1. The van der Waals surface area contributed by atoms with Crippen molar-refractivity contribution < 1.29 is 37.7 Å². The van der Waals surface area contributed by atoms with Crippen LogP contribution in [0.4, 0.5) is 0 Å². The molecule has 0 radical (unpaired) electrons. The van der Waals surface area contributed by atoms with E-state index >= 15 is 0 Å². The number of benzene rings is 2. The van der Waals surface area contributed by atoms with E-state index in [-0.39, 0.29) is 22.9 Å². The van der Waals surface area contributed by atoms with Crippen molar-refractivity contribution in [3.63, 3.8) is 0 Å². The van der Waals surface area contributed by atoms with Crippen LogP contribution < -0.4 is 18.9 Å². The summed E-state index contributed by atoms with van der Waals surface area (Å²) in [7, 11) is 4.35. The molecule has 1 aliphatic heterocycles. The van der Waals surface area contributed by atoms with Gasteiger partial charge in [0.15, 0.2) is 28.7 Å². The molecule has 3 aromatic rings. The van der Waals surface area contributed by atoms with Gasteiger partial charge in [0.1, 0.15) is 0 Å². The summed E-state index contributed by atoms with van der Waals surface area (Å²) in [6.45, 7) is 0. The molecule has 9 nitrogen and oxygen atoms in total. The zero-order chi connectivity index (χ0) is 25.1. The SMILES string of the molecule is COc1cc(C(=O)Oc2c(Br)cc(Br)cc2/C=C2/N=C(c3ccco3)OC2=O)cc(OC)c1OC. The number of hydrogen-bond donors (Lipinski definition) is 0. The summed E-state index contributed by atoms with van der Waals surface area (Å²) in [4.78, 5) is 29.7. The number of carbonyl (C=O) groups is 2. The van der Waals surface area contributed by atoms with Gasteiger partial charge in [-0.2, -0.15) is 0 Å². The summed E-state index contributed by atoms with van der Waals surface area (Å²) in [6.07, 6.45) is 2.89. The number of rotatable bonds is 7. The number of carbonyl (C=O) groups excluding carboxylic acids is 2. The number of methoxy groups -OCH3 is 3. The molecule has 180 valence electrons. The van der Waals surface area contributed by atoms with Gasteiger partial charge in [0.2, 0.25) is 5.75 Å². The van der Waals surface area contributed by atoms with E-state index in [1.54, 1.807) is 24.3 Å². The van der Waals surface area contributed by atoms with Crippen LogP contribution in [-0.4, -0.2) is 39.2 Å². The maximum atomic E-state index is 13.1. The number of cyclic esters (lactones) is 1. The predicted octanol–water partition coefficient (Wildman–Crippen LogP) is 5.39. The van der Waals surface area contributed by atoms with Gasteiger partial charge in [-0.3, -0.25) is 0 Å². The Morgan fingerprint density at radius 1 is 1.00 bits per heavy atom. The van der Waals surface area contributed by atoms with E-state index in [0.29, 0.717) is 37.5 Å². The highest BCUT2D eigenvalue weighted by Crippen LogP contribution is 2.40. The number of halogens is 2. The highest BCUT2D eigenvalue weighted by molar-refractivity contribution is 9.11. The minimum Gasteiger partial charge on any atom is -0.493 e. The molecule has 0 N–H and O–H groups in total. The Morgan fingerprint density at radius 3 is 2.31 bits per heavy atom. The molecule has 0 atom stereocenters. The molecule has 0 unspecified atom stereocenters. The molecule has 0 fully saturated rings. The summed E-state index contributed by atoms with van der Waals surface area (Å²) < 4.78 is 33.2. The van der Waals surface area contributed by atoms with Crippen molar-refractivity contribution in [2.24, 2.45) is 4.99 Å². The van der Waals surface area contributed by atoms with Gasteiger partial charge in [-0.1, -0.05) is 15.9 Å². The van der Waals surface area contributed by atoms with E-state index in [1.165, 1.54) is 45.8 Å². The van der Waals surface area contributed by atoms with Crippen LogP contribution in [0.25, 0.3) is 6.08 Å². The van der Waals surface area contributed by atoms with Crippen LogP contribution in [-0.2, 0) is 9.53 Å². The lowest BCUT2D eigenvalue weighted by Crippen LogP contribution is -2.11.